The lowest BCUT2D eigenvalue weighted by Gasteiger charge is -2.38. The van der Waals surface area contributed by atoms with Gasteiger partial charge in [-0.1, -0.05) is 46.5 Å². The summed E-state index contributed by atoms with van der Waals surface area (Å²) in [6.07, 6.45) is -2.86. The van der Waals surface area contributed by atoms with E-state index in [4.69, 9.17) is 14.2 Å². The van der Waals surface area contributed by atoms with E-state index >= 15 is 0 Å². The monoisotopic (exact) mass is 613 g/mol. The maximum atomic E-state index is 14.0. The Kier molecular flexibility index (Phi) is 11.8. The fraction of sp³-hybridized carbons (Fsp3) is 0.690. The Morgan fingerprint density at radius 3 is 2.50 bits per heavy atom. The van der Waals surface area contributed by atoms with E-state index in [1.165, 1.54) is 7.11 Å². The standard InChI is InChI=1S/C29H46F3N5O4Si/c1-20(2)18-36(23-10-12-40-13-11-23)25-9-8-22(21(3)16-26(38)39-4)17-24(25)33-28-34-27(29(30,31)32)37(35-28)19-41-14-15-42(5,6)7/h8-9,17,20-21,23H,10-16,18-19H2,1-7H3,(H,33,35). The molecule has 1 aromatic carbocycles. The van der Waals surface area contributed by atoms with Gasteiger partial charge in [-0.05, 0) is 48.4 Å². The van der Waals surface area contributed by atoms with Crippen molar-refractivity contribution in [2.75, 3.05) is 43.7 Å². The van der Waals surface area contributed by atoms with E-state index in [0.717, 1.165) is 41.4 Å². The van der Waals surface area contributed by atoms with Crippen LogP contribution in [0.2, 0.25) is 25.7 Å². The number of carbonyl (C=O) groups is 1. The molecule has 236 valence electrons. The summed E-state index contributed by atoms with van der Waals surface area (Å²) in [4.78, 5) is 18.1. The van der Waals surface area contributed by atoms with Crippen molar-refractivity contribution in [3.63, 3.8) is 0 Å². The molecule has 13 heteroatoms. The fourth-order valence-electron chi connectivity index (χ4n) is 4.84. The largest absolute Gasteiger partial charge is 0.469 e. The smallest absolute Gasteiger partial charge is 0.451 e. The van der Waals surface area contributed by atoms with Gasteiger partial charge >= 0.3 is 12.1 Å². The van der Waals surface area contributed by atoms with Gasteiger partial charge in [-0.3, -0.25) is 4.79 Å². The molecule has 1 unspecified atom stereocenters. The highest BCUT2D eigenvalue weighted by Crippen LogP contribution is 2.37. The highest BCUT2D eigenvalue weighted by Gasteiger charge is 2.38. The number of esters is 1. The molecule has 42 heavy (non-hydrogen) atoms. The van der Waals surface area contributed by atoms with Crippen LogP contribution in [0, 0.1) is 5.92 Å². The molecule has 3 rings (SSSR count). The van der Waals surface area contributed by atoms with Crippen molar-refractivity contribution in [2.45, 2.75) is 90.6 Å². The topological polar surface area (TPSA) is 90.7 Å². The number of halogens is 3. The van der Waals surface area contributed by atoms with Crippen LogP contribution in [0.3, 0.4) is 0 Å². The first kappa shape index (κ1) is 33.9. The number of methoxy groups -OCH3 is 1. The van der Waals surface area contributed by atoms with Gasteiger partial charge in [-0.2, -0.15) is 18.2 Å². The molecule has 1 aliphatic heterocycles. The molecule has 1 fully saturated rings. The van der Waals surface area contributed by atoms with Gasteiger partial charge in [-0.15, -0.1) is 5.10 Å². The maximum Gasteiger partial charge on any atom is 0.451 e. The van der Waals surface area contributed by atoms with Crippen molar-refractivity contribution in [3.8, 4) is 0 Å². The number of anilines is 3. The van der Waals surface area contributed by atoms with E-state index in [2.05, 4.69) is 53.8 Å². The molecule has 0 spiro atoms. The summed E-state index contributed by atoms with van der Waals surface area (Å²) in [5, 5.41) is 7.26. The van der Waals surface area contributed by atoms with Crippen LogP contribution in [0.4, 0.5) is 30.5 Å². The maximum absolute atomic E-state index is 14.0. The molecule has 0 aliphatic carbocycles. The van der Waals surface area contributed by atoms with Gasteiger partial charge in [0, 0.05) is 40.5 Å². The predicted octanol–water partition coefficient (Wildman–Crippen LogP) is 6.66. The molecule has 1 aromatic heterocycles. The van der Waals surface area contributed by atoms with Gasteiger partial charge in [0.05, 0.1) is 24.9 Å². The number of aromatic nitrogens is 3. The lowest BCUT2D eigenvalue weighted by atomic mass is 9.95. The van der Waals surface area contributed by atoms with Gasteiger partial charge < -0.3 is 24.4 Å². The Morgan fingerprint density at radius 2 is 1.90 bits per heavy atom. The lowest BCUT2D eigenvalue weighted by Crippen LogP contribution is -2.42. The Hall–Kier alpha value is -2.64. The summed E-state index contributed by atoms with van der Waals surface area (Å²) in [7, 11) is -0.0639. The summed E-state index contributed by atoms with van der Waals surface area (Å²) >= 11 is 0. The van der Waals surface area contributed by atoms with Crippen LogP contribution in [0.25, 0.3) is 0 Å². The number of hydrogen-bond donors (Lipinski definition) is 1. The fourth-order valence-corrected chi connectivity index (χ4v) is 5.60. The molecule has 2 aromatic rings. The van der Waals surface area contributed by atoms with Gasteiger partial charge in [0.2, 0.25) is 11.8 Å². The number of nitrogens with one attached hydrogen (secondary N) is 1. The molecule has 1 saturated heterocycles. The van der Waals surface area contributed by atoms with Crippen molar-refractivity contribution in [3.05, 3.63) is 29.6 Å². The molecule has 9 nitrogen and oxygen atoms in total. The number of ether oxygens (including phenoxy) is 3. The van der Waals surface area contributed by atoms with Crippen LogP contribution in [0.15, 0.2) is 18.2 Å². The number of hydrogen-bond acceptors (Lipinski definition) is 8. The molecular weight excluding hydrogens is 567 g/mol. The van der Waals surface area contributed by atoms with Crippen molar-refractivity contribution in [2.24, 2.45) is 5.92 Å². The van der Waals surface area contributed by atoms with Crippen molar-refractivity contribution in [1.82, 2.24) is 14.8 Å². The Morgan fingerprint density at radius 1 is 1.21 bits per heavy atom. The van der Waals surface area contributed by atoms with E-state index in [1.54, 1.807) is 0 Å². The van der Waals surface area contributed by atoms with Gasteiger partial charge in [0.25, 0.3) is 0 Å². The first-order valence-electron chi connectivity index (χ1n) is 14.6. The van der Waals surface area contributed by atoms with Crippen molar-refractivity contribution >= 4 is 31.4 Å². The first-order chi connectivity index (χ1) is 19.7. The van der Waals surface area contributed by atoms with Gasteiger partial charge in [0.15, 0.2) is 0 Å². The quantitative estimate of drug-likeness (QED) is 0.144. The SMILES string of the molecule is COC(=O)CC(C)c1ccc(N(CC(C)C)C2CCOCC2)c(Nc2nc(C(F)(F)F)n(COCC[Si](C)(C)C)n2)c1. The zero-order valence-corrected chi connectivity index (χ0v) is 26.9. The van der Waals surface area contributed by atoms with Crippen molar-refractivity contribution in [1.29, 1.82) is 0 Å². The average Bonchev–Trinajstić information content (AvgIpc) is 3.33. The summed E-state index contributed by atoms with van der Waals surface area (Å²) in [6, 6.07) is 6.82. The molecule has 0 radical (unpaired) electrons. The second kappa shape index (κ2) is 14.7. The molecule has 0 amide bonds. The third-order valence-electron chi connectivity index (χ3n) is 7.17. The van der Waals surface area contributed by atoms with Crippen LogP contribution < -0.4 is 10.2 Å². The van der Waals surface area contributed by atoms with Crippen LogP contribution in [0.5, 0.6) is 0 Å². The predicted molar refractivity (Wildman–Crippen MR) is 160 cm³/mol. The van der Waals surface area contributed by atoms with Crippen LogP contribution in [0.1, 0.15) is 57.3 Å². The highest BCUT2D eigenvalue weighted by atomic mass is 28.3. The first-order valence-corrected chi connectivity index (χ1v) is 18.3. The normalized spacial score (nSPS) is 15.6. The van der Waals surface area contributed by atoms with E-state index in [1.807, 2.05) is 25.1 Å². The number of alkyl halides is 3. The molecular formula is C29H46F3N5O4Si. The third kappa shape index (κ3) is 9.98. The van der Waals surface area contributed by atoms with Gasteiger partial charge in [0.1, 0.15) is 6.73 Å². The average molecular weight is 614 g/mol. The lowest BCUT2D eigenvalue weighted by molar-refractivity contribution is -0.150. The summed E-state index contributed by atoms with van der Waals surface area (Å²) < 4.78 is 58.7. The second-order valence-electron chi connectivity index (χ2n) is 12.6. The van der Waals surface area contributed by atoms with Gasteiger partial charge in [-0.25, -0.2) is 4.68 Å². The number of benzene rings is 1. The zero-order valence-electron chi connectivity index (χ0n) is 25.9. The highest BCUT2D eigenvalue weighted by molar-refractivity contribution is 6.76. The molecule has 1 atom stereocenters. The Labute approximate surface area is 248 Å². The van der Waals surface area contributed by atoms with E-state index in [9.17, 15) is 18.0 Å². The van der Waals surface area contributed by atoms with E-state index in [-0.39, 0.29) is 37.0 Å². The summed E-state index contributed by atoms with van der Waals surface area (Å²) in [6.45, 7) is 14.8. The summed E-state index contributed by atoms with van der Waals surface area (Å²) in [5.41, 5.74) is 2.25. The molecule has 1 N–H and O–H groups in total. The minimum atomic E-state index is -4.71. The van der Waals surface area contributed by atoms with E-state index in [0.29, 0.717) is 31.4 Å². The molecule has 2 heterocycles. The zero-order chi connectivity index (χ0) is 31.1. The second-order valence-corrected chi connectivity index (χ2v) is 18.2. The van der Waals surface area contributed by atoms with Crippen LogP contribution >= 0.6 is 0 Å². The summed E-state index contributed by atoms with van der Waals surface area (Å²) in [5.74, 6) is -1.48. The minimum absolute atomic E-state index is 0.171. The van der Waals surface area contributed by atoms with Crippen molar-refractivity contribution < 1.29 is 32.2 Å². The Bertz CT molecular complexity index is 1160. The number of rotatable bonds is 14. The van der Waals surface area contributed by atoms with Crippen LogP contribution in [-0.4, -0.2) is 68.3 Å². The minimum Gasteiger partial charge on any atom is -0.469 e. The molecule has 1 aliphatic rings. The molecule has 0 saturated carbocycles. The number of carbonyl (C=O) groups excluding carboxylic acids is 1. The Balaban J connectivity index is 2.00. The van der Waals surface area contributed by atoms with E-state index < -0.39 is 20.1 Å². The molecule has 0 bridgehead atoms. The van der Waals surface area contributed by atoms with Crippen LogP contribution in [-0.2, 0) is 31.9 Å². The third-order valence-corrected chi connectivity index (χ3v) is 8.88. The number of nitrogens with zero attached hydrogens (tertiary/aromatic N) is 4.